The Morgan fingerprint density at radius 1 is 1.32 bits per heavy atom. The molecule has 0 saturated heterocycles. The molecular formula is C14H14O4S. The van der Waals surface area contributed by atoms with Crippen LogP contribution in [-0.2, 0) is 6.42 Å². The van der Waals surface area contributed by atoms with Gasteiger partial charge < -0.3 is 14.6 Å². The number of para-hydroxylation sites is 1. The fourth-order valence-corrected chi connectivity index (χ4v) is 2.39. The van der Waals surface area contributed by atoms with Crippen molar-refractivity contribution in [3.8, 4) is 11.5 Å². The van der Waals surface area contributed by atoms with Crippen molar-refractivity contribution in [2.24, 2.45) is 0 Å². The summed E-state index contributed by atoms with van der Waals surface area (Å²) in [5.74, 6) is -0.301. The lowest BCUT2D eigenvalue weighted by molar-refractivity contribution is 0.0691. The highest BCUT2D eigenvalue weighted by molar-refractivity contribution is 7.09. The fourth-order valence-electron chi connectivity index (χ4n) is 1.70. The van der Waals surface area contributed by atoms with Crippen LogP contribution in [0.4, 0.5) is 0 Å². The standard InChI is InChI=1S/C14H14O4S/c1-17-12-6-2-5-11(14(15)16)13(12)18-8-7-10-4-3-9-19-10/h2-6,9H,7-8H2,1H3,(H,15,16). The van der Waals surface area contributed by atoms with E-state index in [1.54, 1.807) is 23.5 Å². The van der Waals surface area contributed by atoms with E-state index < -0.39 is 5.97 Å². The normalized spacial score (nSPS) is 10.2. The molecule has 4 nitrogen and oxygen atoms in total. The van der Waals surface area contributed by atoms with Crippen molar-refractivity contribution in [3.63, 3.8) is 0 Å². The lowest BCUT2D eigenvalue weighted by atomic mass is 10.2. The predicted octanol–water partition coefficient (Wildman–Crippen LogP) is 3.08. The summed E-state index contributed by atoms with van der Waals surface area (Å²) in [6.07, 6.45) is 0.745. The van der Waals surface area contributed by atoms with Crippen LogP contribution in [0, 0.1) is 0 Å². The molecule has 0 aliphatic heterocycles. The number of methoxy groups -OCH3 is 1. The van der Waals surface area contributed by atoms with Crippen LogP contribution in [0.3, 0.4) is 0 Å². The van der Waals surface area contributed by atoms with Gasteiger partial charge in [0, 0.05) is 11.3 Å². The van der Waals surface area contributed by atoms with E-state index in [1.165, 1.54) is 18.1 Å². The van der Waals surface area contributed by atoms with Gasteiger partial charge in [0.1, 0.15) is 5.56 Å². The summed E-state index contributed by atoms with van der Waals surface area (Å²) < 4.78 is 10.7. The van der Waals surface area contributed by atoms with Crippen molar-refractivity contribution in [2.75, 3.05) is 13.7 Å². The molecule has 0 fully saturated rings. The van der Waals surface area contributed by atoms with Crippen LogP contribution >= 0.6 is 11.3 Å². The van der Waals surface area contributed by atoms with Crippen molar-refractivity contribution in [1.29, 1.82) is 0 Å². The zero-order valence-corrected chi connectivity index (χ0v) is 11.3. The summed E-state index contributed by atoms with van der Waals surface area (Å²) in [4.78, 5) is 12.3. The molecule has 0 radical (unpaired) electrons. The number of ether oxygens (including phenoxy) is 2. The summed E-state index contributed by atoms with van der Waals surface area (Å²) in [6, 6.07) is 8.83. The Morgan fingerprint density at radius 3 is 2.79 bits per heavy atom. The number of aromatic carboxylic acids is 1. The van der Waals surface area contributed by atoms with Crippen LogP contribution < -0.4 is 9.47 Å². The van der Waals surface area contributed by atoms with Crippen molar-refractivity contribution >= 4 is 17.3 Å². The Balaban J connectivity index is 2.11. The Labute approximate surface area is 115 Å². The maximum absolute atomic E-state index is 11.1. The first kappa shape index (κ1) is 13.4. The molecular weight excluding hydrogens is 264 g/mol. The van der Waals surface area contributed by atoms with Crippen molar-refractivity contribution < 1.29 is 19.4 Å². The number of hydrogen-bond donors (Lipinski definition) is 1. The summed E-state index contributed by atoms with van der Waals surface area (Å²) in [6.45, 7) is 0.418. The topological polar surface area (TPSA) is 55.8 Å². The fraction of sp³-hybridized carbons (Fsp3) is 0.214. The molecule has 1 N–H and O–H groups in total. The molecule has 2 aromatic rings. The average molecular weight is 278 g/mol. The molecule has 0 aliphatic rings. The number of thiophene rings is 1. The first-order valence-corrected chi connectivity index (χ1v) is 6.66. The molecule has 0 bridgehead atoms. The zero-order chi connectivity index (χ0) is 13.7. The minimum absolute atomic E-state index is 0.116. The van der Waals surface area contributed by atoms with Gasteiger partial charge in [-0.2, -0.15) is 0 Å². The van der Waals surface area contributed by atoms with E-state index >= 15 is 0 Å². The second kappa shape index (κ2) is 6.24. The van der Waals surface area contributed by atoms with E-state index in [0.29, 0.717) is 12.4 Å². The van der Waals surface area contributed by atoms with Gasteiger partial charge in [0.25, 0.3) is 0 Å². The molecule has 0 spiro atoms. The van der Waals surface area contributed by atoms with E-state index in [4.69, 9.17) is 14.6 Å². The first-order chi connectivity index (χ1) is 9.22. The highest BCUT2D eigenvalue weighted by atomic mass is 32.1. The van der Waals surface area contributed by atoms with Gasteiger partial charge in [-0.05, 0) is 23.6 Å². The molecule has 1 heterocycles. The lowest BCUT2D eigenvalue weighted by Gasteiger charge is -2.12. The van der Waals surface area contributed by atoms with Gasteiger partial charge in [-0.1, -0.05) is 12.1 Å². The van der Waals surface area contributed by atoms with Gasteiger partial charge in [-0.3, -0.25) is 0 Å². The minimum Gasteiger partial charge on any atom is -0.493 e. The maximum Gasteiger partial charge on any atom is 0.339 e. The van der Waals surface area contributed by atoms with E-state index in [9.17, 15) is 4.79 Å². The Morgan fingerprint density at radius 2 is 2.16 bits per heavy atom. The highest BCUT2D eigenvalue weighted by Gasteiger charge is 2.16. The van der Waals surface area contributed by atoms with Gasteiger partial charge in [0.2, 0.25) is 0 Å². The molecule has 1 aromatic carbocycles. The molecule has 1 aromatic heterocycles. The van der Waals surface area contributed by atoms with Gasteiger partial charge in [0.15, 0.2) is 11.5 Å². The number of hydrogen-bond acceptors (Lipinski definition) is 4. The summed E-state index contributed by atoms with van der Waals surface area (Å²) >= 11 is 1.65. The average Bonchev–Trinajstić information content (AvgIpc) is 2.91. The van der Waals surface area contributed by atoms with Crippen LogP contribution in [0.1, 0.15) is 15.2 Å². The summed E-state index contributed by atoms with van der Waals surface area (Å²) in [5.41, 5.74) is 0.116. The molecule has 0 amide bonds. The number of carboxylic acids is 1. The SMILES string of the molecule is COc1cccc(C(=O)O)c1OCCc1cccs1. The van der Waals surface area contributed by atoms with Crippen LogP contribution in [0.25, 0.3) is 0 Å². The van der Waals surface area contributed by atoms with Crippen molar-refractivity contribution in [1.82, 2.24) is 0 Å². The quantitative estimate of drug-likeness (QED) is 0.882. The molecule has 0 unspecified atom stereocenters. The van der Waals surface area contributed by atoms with Crippen molar-refractivity contribution in [3.05, 3.63) is 46.2 Å². The molecule has 19 heavy (non-hydrogen) atoms. The molecule has 100 valence electrons. The zero-order valence-electron chi connectivity index (χ0n) is 10.5. The van der Waals surface area contributed by atoms with Crippen LogP contribution in [0.2, 0.25) is 0 Å². The lowest BCUT2D eigenvalue weighted by Crippen LogP contribution is -2.07. The summed E-state index contributed by atoms with van der Waals surface area (Å²) in [7, 11) is 1.49. The Kier molecular flexibility index (Phi) is 4.41. The van der Waals surface area contributed by atoms with Crippen molar-refractivity contribution in [2.45, 2.75) is 6.42 Å². The third-order valence-electron chi connectivity index (χ3n) is 2.60. The number of carboxylic acid groups (broad SMARTS) is 1. The van der Waals surface area contributed by atoms with E-state index in [-0.39, 0.29) is 11.3 Å². The first-order valence-electron chi connectivity index (χ1n) is 5.78. The number of benzene rings is 1. The highest BCUT2D eigenvalue weighted by Crippen LogP contribution is 2.31. The van der Waals surface area contributed by atoms with Gasteiger partial charge in [-0.25, -0.2) is 4.79 Å². The summed E-state index contributed by atoms with van der Waals surface area (Å²) in [5, 5.41) is 11.1. The second-order valence-corrected chi connectivity index (χ2v) is 4.85. The molecule has 0 atom stereocenters. The van der Waals surface area contributed by atoms with Gasteiger partial charge in [0.05, 0.1) is 13.7 Å². The van der Waals surface area contributed by atoms with E-state index in [2.05, 4.69) is 0 Å². The molecule has 0 aliphatic carbocycles. The minimum atomic E-state index is -1.02. The van der Waals surface area contributed by atoms with Crippen LogP contribution in [0.5, 0.6) is 11.5 Å². The predicted molar refractivity (Wildman–Crippen MR) is 73.5 cm³/mol. The maximum atomic E-state index is 11.1. The largest absolute Gasteiger partial charge is 0.493 e. The molecule has 2 rings (SSSR count). The monoisotopic (exact) mass is 278 g/mol. The second-order valence-electron chi connectivity index (χ2n) is 3.82. The van der Waals surface area contributed by atoms with E-state index in [1.807, 2.05) is 17.5 Å². The van der Waals surface area contributed by atoms with Gasteiger partial charge >= 0.3 is 5.97 Å². The van der Waals surface area contributed by atoms with Gasteiger partial charge in [-0.15, -0.1) is 11.3 Å². The van der Waals surface area contributed by atoms with Crippen LogP contribution in [-0.4, -0.2) is 24.8 Å². The Hall–Kier alpha value is -2.01. The third kappa shape index (κ3) is 3.26. The van der Waals surface area contributed by atoms with E-state index in [0.717, 1.165) is 6.42 Å². The smallest absolute Gasteiger partial charge is 0.339 e. The number of carbonyl (C=O) groups is 1. The van der Waals surface area contributed by atoms with Crippen LogP contribution in [0.15, 0.2) is 35.7 Å². The number of rotatable bonds is 6. The third-order valence-corrected chi connectivity index (χ3v) is 3.54. The molecule has 0 saturated carbocycles. The Bertz CT molecular complexity index is 549. The molecule has 5 heteroatoms.